The summed E-state index contributed by atoms with van der Waals surface area (Å²) in [6.45, 7) is 0.827. The lowest BCUT2D eigenvalue weighted by Gasteiger charge is -2.17. The highest BCUT2D eigenvalue weighted by Crippen LogP contribution is 2.42. The van der Waals surface area contributed by atoms with Crippen LogP contribution in [0.4, 0.5) is 0 Å². The van der Waals surface area contributed by atoms with Crippen molar-refractivity contribution in [3.05, 3.63) is 27.2 Å². The molecular weight excluding hydrogens is 266 g/mol. The van der Waals surface area contributed by atoms with E-state index in [-0.39, 0.29) is 6.04 Å². The Bertz CT molecular complexity index is 430. The molecule has 0 amide bonds. The van der Waals surface area contributed by atoms with Crippen LogP contribution in [0, 0.1) is 0 Å². The number of nitrogens with two attached hydrogens (primary N) is 1. The first-order valence-electron chi connectivity index (χ1n) is 6.00. The minimum absolute atomic E-state index is 0.168. The zero-order valence-corrected chi connectivity index (χ0v) is 10.8. The third-order valence-electron chi connectivity index (χ3n) is 3.63. The van der Waals surface area contributed by atoms with Crippen LogP contribution in [0.25, 0.3) is 0 Å². The lowest BCUT2D eigenvalue weighted by Crippen LogP contribution is -2.12. The zero-order valence-electron chi connectivity index (χ0n) is 9.26. The molecule has 86 valence electrons. The van der Waals surface area contributed by atoms with Gasteiger partial charge in [0, 0.05) is 22.5 Å². The maximum Gasteiger partial charge on any atom is 0.126 e. The van der Waals surface area contributed by atoms with Gasteiger partial charge in [0.05, 0.1) is 6.61 Å². The highest BCUT2D eigenvalue weighted by atomic mass is 79.9. The molecule has 1 aromatic carbocycles. The van der Waals surface area contributed by atoms with Crippen LogP contribution in [0.2, 0.25) is 0 Å². The second kappa shape index (κ2) is 4.04. The van der Waals surface area contributed by atoms with Crippen molar-refractivity contribution >= 4 is 15.9 Å². The molecule has 0 saturated carbocycles. The molecule has 1 aliphatic carbocycles. The van der Waals surface area contributed by atoms with Gasteiger partial charge in [0.2, 0.25) is 0 Å². The van der Waals surface area contributed by atoms with Crippen LogP contribution in [0.1, 0.15) is 42.0 Å². The van der Waals surface area contributed by atoms with E-state index >= 15 is 0 Å². The minimum Gasteiger partial charge on any atom is -0.493 e. The minimum atomic E-state index is 0.168. The van der Waals surface area contributed by atoms with Crippen LogP contribution in [-0.2, 0) is 12.8 Å². The van der Waals surface area contributed by atoms with E-state index in [9.17, 15) is 0 Å². The predicted octanol–water partition coefficient (Wildman–Crippen LogP) is 3.11. The second-order valence-electron chi connectivity index (χ2n) is 4.69. The fraction of sp³-hybridized carbons (Fsp3) is 0.538. The molecule has 1 unspecified atom stereocenters. The van der Waals surface area contributed by atoms with E-state index in [2.05, 4.69) is 22.0 Å². The number of hydrogen-bond donors (Lipinski definition) is 1. The maximum atomic E-state index is 6.26. The Hall–Kier alpha value is -0.540. The largest absolute Gasteiger partial charge is 0.493 e. The van der Waals surface area contributed by atoms with Gasteiger partial charge in [-0.3, -0.25) is 0 Å². The molecular formula is C13H16BrNO. The van der Waals surface area contributed by atoms with Crippen molar-refractivity contribution in [2.45, 2.75) is 38.1 Å². The average molecular weight is 282 g/mol. The smallest absolute Gasteiger partial charge is 0.126 e. The Morgan fingerprint density at radius 3 is 3.06 bits per heavy atom. The quantitative estimate of drug-likeness (QED) is 0.742. The van der Waals surface area contributed by atoms with Crippen molar-refractivity contribution in [3.63, 3.8) is 0 Å². The third kappa shape index (κ3) is 1.57. The summed E-state index contributed by atoms with van der Waals surface area (Å²) < 4.78 is 6.96. The first kappa shape index (κ1) is 10.6. The highest BCUT2D eigenvalue weighted by molar-refractivity contribution is 9.10. The van der Waals surface area contributed by atoms with Gasteiger partial charge in [-0.05, 0) is 36.5 Å². The number of rotatable bonds is 0. The van der Waals surface area contributed by atoms with Crippen molar-refractivity contribution in [2.75, 3.05) is 6.61 Å². The van der Waals surface area contributed by atoms with E-state index in [1.807, 2.05) is 0 Å². The Morgan fingerprint density at radius 1 is 1.31 bits per heavy atom. The van der Waals surface area contributed by atoms with E-state index < -0.39 is 0 Å². The van der Waals surface area contributed by atoms with Crippen molar-refractivity contribution in [2.24, 2.45) is 5.73 Å². The highest BCUT2D eigenvalue weighted by Gasteiger charge is 2.26. The van der Waals surface area contributed by atoms with Crippen LogP contribution in [-0.4, -0.2) is 6.61 Å². The Morgan fingerprint density at radius 2 is 2.19 bits per heavy atom. The Labute approximate surface area is 104 Å². The monoisotopic (exact) mass is 281 g/mol. The summed E-state index contributed by atoms with van der Waals surface area (Å²) in [6, 6.07) is 2.37. The second-order valence-corrected chi connectivity index (χ2v) is 5.54. The molecule has 0 radical (unpaired) electrons. The van der Waals surface area contributed by atoms with Gasteiger partial charge in [0.1, 0.15) is 5.75 Å². The van der Waals surface area contributed by atoms with Gasteiger partial charge in [0.25, 0.3) is 0 Å². The fourth-order valence-corrected chi connectivity index (χ4v) is 3.65. The average Bonchev–Trinajstić information content (AvgIpc) is 2.62. The van der Waals surface area contributed by atoms with Crippen molar-refractivity contribution in [1.29, 1.82) is 0 Å². The summed E-state index contributed by atoms with van der Waals surface area (Å²) in [5.41, 5.74) is 10.3. The number of halogens is 1. The van der Waals surface area contributed by atoms with E-state index in [0.717, 1.165) is 31.6 Å². The molecule has 0 spiro atoms. The Kier molecular flexibility index (Phi) is 2.68. The first-order valence-corrected chi connectivity index (χ1v) is 6.79. The molecule has 1 heterocycles. The molecule has 0 fully saturated rings. The number of fused-ring (bicyclic) bond motifs is 3. The van der Waals surface area contributed by atoms with Crippen LogP contribution in [0.15, 0.2) is 10.5 Å². The number of ether oxygens (including phenoxy) is 1. The van der Waals surface area contributed by atoms with Crippen LogP contribution in [0.3, 0.4) is 0 Å². The molecule has 2 nitrogen and oxygen atoms in total. The molecule has 0 saturated heterocycles. The normalized spacial score (nSPS) is 23.2. The fourth-order valence-electron chi connectivity index (χ4n) is 2.84. The standard InChI is InChI=1S/C13H16BrNO/c14-10-7-8-5-6-16-13(8)9-3-1-2-4-11(15)12(9)10/h7,11H,1-6,15H2. The summed E-state index contributed by atoms with van der Waals surface area (Å²) in [5.74, 6) is 1.13. The predicted molar refractivity (Wildman–Crippen MR) is 67.8 cm³/mol. The van der Waals surface area contributed by atoms with Gasteiger partial charge in [-0.1, -0.05) is 22.4 Å². The third-order valence-corrected chi connectivity index (χ3v) is 4.29. The van der Waals surface area contributed by atoms with E-state index in [1.165, 1.54) is 34.0 Å². The summed E-state index contributed by atoms with van der Waals surface area (Å²) in [4.78, 5) is 0. The van der Waals surface area contributed by atoms with E-state index in [4.69, 9.17) is 10.5 Å². The lowest BCUT2D eigenvalue weighted by molar-refractivity contribution is 0.353. The van der Waals surface area contributed by atoms with Crippen LogP contribution in [0.5, 0.6) is 5.75 Å². The zero-order chi connectivity index (χ0) is 11.1. The molecule has 0 aromatic heterocycles. The van der Waals surface area contributed by atoms with E-state index in [0.29, 0.717) is 0 Å². The van der Waals surface area contributed by atoms with E-state index in [1.54, 1.807) is 0 Å². The van der Waals surface area contributed by atoms with Gasteiger partial charge in [0.15, 0.2) is 0 Å². The maximum absolute atomic E-state index is 6.26. The van der Waals surface area contributed by atoms with Crippen molar-refractivity contribution in [3.8, 4) is 5.75 Å². The SMILES string of the molecule is NC1CCCCc2c3c(cc(Br)c21)CCO3. The topological polar surface area (TPSA) is 35.2 Å². The molecule has 1 atom stereocenters. The van der Waals surface area contributed by atoms with Gasteiger partial charge >= 0.3 is 0 Å². The van der Waals surface area contributed by atoms with Crippen LogP contribution < -0.4 is 10.5 Å². The molecule has 16 heavy (non-hydrogen) atoms. The molecule has 3 rings (SSSR count). The van der Waals surface area contributed by atoms with Gasteiger partial charge < -0.3 is 10.5 Å². The van der Waals surface area contributed by atoms with Gasteiger partial charge in [-0.25, -0.2) is 0 Å². The molecule has 3 heteroatoms. The summed E-state index contributed by atoms with van der Waals surface area (Å²) in [5, 5.41) is 0. The molecule has 1 aliphatic heterocycles. The van der Waals surface area contributed by atoms with Crippen molar-refractivity contribution < 1.29 is 4.74 Å². The number of benzene rings is 1. The molecule has 0 bridgehead atoms. The Balaban J connectivity index is 2.21. The van der Waals surface area contributed by atoms with Gasteiger partial charge in [-0.2, -0.15) is 0 Å². The first-order chi connectivity index (χ1) is 7.77. The molecule has 2 N–H and O–H groups in total. The molecule has 1 aromatic rings. The summed E-state index contributed by atoms with van der Waals surface area (Å²) in [7, 11) is 0. The summed E-state index contributed by atoms with van der Waals surface area (Å²) in [6.07, 6.45) is 5.69. The summed E-state index contributed by atoms with van der Waals surface area (Å²) >= 11 is 3.68. The molecule has 2 aliphatic rings. The number of hydrogen-bond acceptors (Lipinski definition) is 2. The van der Waals surface area contributed by atoms with Crippen molar-refractivity contribution in [1.82, 2.24) is 0 Å². The van der Waals surface area contributed by atoms with Gasteiger partial charge in [-0.15, -0.1) is 0 Å². The lowest BCUT2D eigenvalue weighted by atomic mass is 9.96. The van der Waals surface area contributed by atoms with Crippen LogP contribution >= 0.6 is 15.9 Å².